The number of hydrazine groups is 1. The van der Waals surface area contributed by atoms with Gasteiger partial charge < -0.3 is 5.11 Å². The van der Waals surface area contributed by atoms with E-state index >= 15 is 0 Å². The van der Waals surface area contributed by atoms with Crippen molar-refractivity contribution in [1.29, 1.82) is 0 Å². The summed E-state index contributed by atoms with van der Waals surface area (Å²) in [7, 11) is 0. The predicted octanol–water partition coefficient (Wildman–Crippen LogP) is 3.76. The third-order valence-corrected chi connectivity index (χ3v) is 4.08. The van der Waals surface area contributed by atoms with Gasteiger partial charge in [0.15, 0.2) is 0 Å². The second-order valence-electron chi connectivity index (χ2n) is 6.24. The number of carboxylic acids is 1. The van der Waals surface area contributed by atoms with Crippen molar-refractivity contribution < 1.29 is 14.7 Å². The van der Waals surface area contributed by atoms with Crippen LogP contribution in [0, 0.1) is 0 Å². The summed E-state index contributed by atoms with van der Waals surface area (Å²) in [5.41, 5.74) is 5.41. The Kier molecular flexibility index (Phi) is 8.36. The van der Waals surface area contributed by atoms with Crippen LogP contribution in [0.5, 0.6) is 0 Å². The van der Waals surface area contributed by atoms with Gasteiger partial charge in [-0.15, -0.1) is 0 Å². The van der Waals surface area contributed by atoms with Crippen LogP contribution in [-0.4, -0.2) is 22.0 Å². The number of carboxylic acid groups (broad SMARTS) is 1. The first-order chi connectivity index (χ1) is 12.6. The molecule has 0 aliphatic carbocycles. The Morgan fingerprint density at radius 2 is 1.38 bits per heavy atom. The Bertz CT molecular complexity index is 674. The van der Waals surface area contributed by atoms with Crippen LogP contribution in [0.3, 0.4) is 0 Å². The molecule has 0 saturated carbocycles. The molecule has 0 radical (unpaired) electrons. The molecular weight excluding hydrogens is 328 g/mol. The zero-order valence-corrected chi connectivity index (χ0v) is 14.9. The molecule has 2 rings (SSSR count). The molecule has 5 heteroatoms. The molecule has 2 aromatic rings. The number of hydrogen-bond acceptors (Lipinski definition) is 3. The molecule has 1 amide bonds. The molecule has 5 nitrogen and oxygen atoms in total. The summed E-state index contributed by atoms with van der Waals surface area (Å²) >= 11 is 0. The van der Waals surface area contributed by atoms with E-state index in [1.807, 2.05) is 60.7 Å². The highest BCUT2D eigenvalue weighted by atomic mass is 16.4. The SMILES string of the molecule is O=C(O)CCCCCC(=O)N(Cc1ccccc1)NCc1ccccc1. The van der Waals surface area contributed by atoms with Gasteiger partial charge in [0.25, 0.3) is 0 Å². The van der Waals surface area contributed by atoms with E-state index < -0.39 is 5.97 Å². The summed E-state index contributed by atoms with van der Waals surface area (Å²) in [6, 6.07) is 19.8. The quantitative estimate of drug-likeness (QED) is 0.476. The van der Waals surface area contributed by atoms with E-state index in [-0.39, 0.29) is 12.3 Å². The van der Waals surface area contributed by atoms with Gasteiger partial charge in [-0.25, -0.2) is 5.43 Å². The van der Waals surface area contributed by atoms with E-state index in [2.05, 4.69) is 5.43 Å². The second kappa shape index (κ2) is 11.1. The fourth-order valence-corrected chi connectivity index (χ4v) is 2.65. The van der Waals surface area contributed by atoms with Crippen molar-refractivity contribution in [2.24, 2.45) is 0 Å². The van der Waals surface area contributed by atoms with Crippen molar-refractivity contribution in [1.82, 2.24) is 10.4 Å². The maximum Gasteiger partial charge on any atom is 0.303 e. The van der Waals surface area contributed by atoms with Gasteiger partial charge in [0, 0.05) is 19.4 Å². The Hall–Kier alpha value is -2.66. The molecule has 2 aromatic carbocycles. The molecule has 0 atom stereocenters. The van der Waals surface area contributed by atoms with Gasteiger partial charge in [-0.1, -0.05) is 67.1 Å². The van der Waals surface area contributed by atoms with E-state index in [0.29, 0.717) is 32.4 Å². The number of carbonyl (C=O) groups is 2. The fraction of sp³-hybridized carbons (Fsp3) is 0.333. The lowest BCUT2D eigenvalue weighted by Gasteiger charge is -2.24. The van der Waals surface area contributed by atoms with Gasteiger partial charge in [0.1, 0.15) is 0 Å². The van der Waals surface area contributed by atoms with E-state index in [9.17, 15) is 9.59 Å². The summed E-state index contributed by atoms with van der Waals surface area (Å²) in [6.45, 7) is 1.08. The Morgan fingerprint density at radius 3 is 2.00 bits per heavy atom. The van der Waals surface area contributed by atoms with Gasteiger partial charge >= 0.3 is 5.97 Å². The summed E-state index contributed by atoms with van der Waals surface area (Å²) in [4.78, 5) is 23.2. The van der Waals surface area contributed by atoms with Crippen LogP contribution in [0.15, 0.2) is 60.7 Å². The van der Waals surface area contributed by atoms with Crippen LogP contribution in [0.1, 0.15) is 43.2 Å². The van der Waals surface area contributed by atoms with E-state index in [0.717, 1.165) is 17.5 Å². The molecule has 0 aliphatic rings. The third kappa shape index (κ3) is 7.49. The molecule has 138 valence electrons. The maximum atomic E-state index is 12.6. The lowest BCUT2D eigenvalue weighted by molar-refractivity contribution is -0.137. The maximum absolute atomic E-state index is 12.6. The summed E-state index contributed by atoms with van der Waals surface area (Å²) < 4.78 is 0. The van der Waals surface area contributed by atoms with Crippen LogP contribution in [0.25, 0.3) is 0 Å². The largest absolute Gasteiger partial charge is 0.481 e. The minimum atomic E-state index is -0.786. The first-order valence-corrected chi connectivity index (χ1v) is 8.98. The topological polar surface area (TPSA) is 69.6 Å². The van der Waals surface area contributed by atoms with Crippen molar-refractivity contribution in [2.75, 3.05) is 0 Å². The van der Waals surface area contributed by atoms with E-state index in [1.165, 1.54) is 0 Å². The number of carbonyl (C=O) groups excluding carboxylic acids is 1. The minimum absolute atomic E-state index is 0.0279. The molecule has 0 fully saturated rings. The second-order valence-corrected chi connectivity index (χ2v) is 6.24. The summed E-state index contributed by atoms with van der Waals surface area (Å²) in [5.74, 6) is -0.758. The number of aliphatic carboxylic acids is 1. The lowest BCUT2D eigenvalue weighted by atomic mass is 10.1. The standard InChI is InChI=1S/C21H26N2O3/c24-20(14-8-3-9-15-21(25)26)23(17-19-12-6-2-7-13-19)22-16-18-10-4-1-5-11-18/h1-2,4-7,10-13,22H,3,8-9,14-17H2,(H,25,26). The van der Waals surface area contributed by atoms with Crippen LogP contribution < -0.4 is 5.43 Å². The molecular formula is C21H26N2O3. The molecule has 0 saturated heterocycles. The molecule has 0 aromatic heterocycles. The number of amides is 1. The van der Waals surface area contributed by atoms with Crippen LogP contribution in [-0.2, 0) is 22.7 Å². The first-order valence-electron chi connectivity index (χ1n) is 8.98. The molecule has 0 aliphatic heterocycles. The highest BCUT2D eigenvalue weighted by molar-refractivity contribution is 5.75. The normalized spacial score (nSPS) is 10.5. The molecule has 0 bridgehead atoms. The number of benzene rings is 2. The average Bonchev–Trinajstić information content (AvgIpc) is 2.66. The van der Waals surface area contributed by atoms with Crippen molar-refractivity contribution in [3.8, 4) is 0 Å². The monoisotopic (exact) mass is 354 g/mol. The summed E-state index contributed by atoms with van der Waals surface area (Å²) in [5, 5.41) is 10.3. The van der Waals surface area contributed by atoms with Crippen LogP contribution >= 0.6 is 0 Å². The third-order valence-electron chi connectivity index (χ3n) is 4.08. The van der Waals surface area contributed by atoms with Gasteiger partial charge in [0.05, 0.1) is 6.54 Å². The Labute approximate surface area is 154 Å². The number of unbranched alkanes of at least 4 members (excludes halogenated alkanes) is 2. The van der Waals surface area contributed by atoms with Gasteiger partial charge in [-0.05, 0) is 24.0 Å². The zero-order valence-electron chi connectivity index (χ0n) is 14.9. The Morgan fingerprint density at radius 1 is 0.808 bits per heavy atom. The predicted molar refractivity (Wildman–Crippen MR) is 101 cm³/mol. The van der Waals surface area contributed by atoms with Gasteiger partial charge in [-0.2, -0.15) is 0 Å². The van der Waals surface area contributed by atoms with Gasteiger partial charge in [0.2, 0.25) is 5.91 Å². The molecule has 0 unspecified atom stereocenters. The molecule has 0 spiro atoms. The smallest absolute Gasteiger partial charge is 0.303 e. The molecule has 0 heterocycles. The van der Waals surface area contributed by atoms with E-state index in [4.69, 9.17) is 5.11 Å². The minimum Gasteiger partial charge on any atom is -0.481 e. The molecule has 26 heavy (non-hydrogen) atoms. The first kappa shape index (κ1) is 19.7. The Balaban J connectivity index is 1.88. The number of nitrogens with zero attached hydrogens (tertiary/aromatic N) is 1. The van der Waals surface area contributed by atoms with Crippen LogP contribution in [0.2, 0.25) is 0 Å². The average molecular weight is 354 g/mol. The zero-order chi connectivity index (χ0) is 18.6. The highest BCUT2D eigenvalue weighted by Crippen LogP contribution is 2.09. The fourth-order valence-electron chi connectivity index (χ4n) is 2.65. The lowest BCUT2D eigenvalue weighted by Crippen LogP contribution is -2.41. The molecule has 2 N–H and O–H groups in total. The van der Waals surface area contributed by atoms with Gasteiger partial charge in [-0.3, -0.25) is 14.6 Å². The van der Waals surface area contributed by atoms with Crippen LogP contribution in [0.4, 0.5) is 0 Å². The van der Waals surface area contributed by atoms with Crippen molar-refractivity contribution in [3.05, 3.63) is 71.8 Å². The number of rotatable bonds is 11. The summed E-state index contributed by atoms with van der Waals surface area (Å²) in [6.07, 6.45) is 2.63. The highest BCUT2D eigenvalue weighted by Gasteiger charge is 2.13. The van der Waals surface area contributed by atoms with Crippen molar-refractivity contribution in [2.45, 2.75) is 45.2 Å². The van der Waals surface area contributed by atoms with E-state index in [1.54, 1.807) is 5.01 Å². The van der Waals surface area contributed by atoms with Crippen molar-refractivity contribution in [3.63, 3.8) is 0 Å². The number of hydrogen-bond donors (Lipinski definition) is 2. The number of nitrogens with one attached hydrogen (secondary N) is 1. The van der Waals surface area contributed by atoms with Crippen molar-refractivity contribution >= 4 is 11.9 Å².